The number of aryl methyl sites for hydroxylation is 2. The molecule has 3 aromatic heterocycles. The average molecular weight is 293 g/mol. The number of amides is 1. The molecule has 0 saturated carbocycles. The first kappa shape index (κ1) is 13.9. The van der Waals surface area contributed by atoms with Crippen molar-refractivity contribution in [3.63, 3.8) is 0 Å². The Balaban J connectivity index is 1.93. The molecule has 22 heavy (non-hydrogen) atoms. The summed E-state index contributed by atoms with van der Waals surface area (Å²) in [5.41, 5.74) is 3.60. The molecule has 6 heteroatoms. The lowest BCUT2D eigenvalue weighted by Gasteiger charge is -2.08. The summed E-state index contributed by atoms with van der Waals surface area (Å²) >= 11 is 0. The van der Waals surface area contributed by atoms with Gasteiger partial charge in [0.2, 0.25) is 0 Å². The fourth-order valence-corrected chi connectivity index (χ4v) is 2.15. The molecule has 0 unspecified atom stereocenters. The maximum Gasteiger partial charge on any atom is 0.274 e. The lowest BCUT2D eigenvalue weighted by Crippen LogP contribution is -2.14. The van der Waals surface area contributed by atoms with Crippen LogP contribution in [-0.2, 0) is 7.05 Å². The molecule has 6 nitrogen and oxygen atoms in total. The van der Waals surface area contributed by atoms with Gasteiger partial charge >= 0.3 is 0 Å². The molecular formula is C16H15N5O. The van der Waals surface area contributed by atoms with Gasteiger partial charge in [0.15, 0.2) is 0 Å². The molecule has 0 atom stereocenters. The third kappa shape index (κ3) is 2.85. The van der Waals surface area contributed by atoms with Gasteiger partial charge in [0.05, 0.1) is 23.9 Å². The van der Waals surface area contributed by atoms with Gasteiger partial charge in [-0.1, -0.05) is 0 Å². The van der Waals surface area contributed by atoms with Crippen molar-refractivity contribution in [2.75, 3.05) is 5.32 Å². The van der Waals surface area contributed by atoms with E-state index in [1.165, 1.54) is 0 Å². The first-order valence-corrected chi connectivity index (χ1v) is 6.80. The molecule has 0 aliphatic heterocycles. The first-order chi connectivity index (χ1) is 10.6. The van der Waals surface area contributed by atoms with Crippen molar-refractivity contribution in [3.8, 4) is 11.4 Å². The number of anilines is 1. The number of aromatic nitrogens is 4. The normalized spacial score (nSPS) is 10.5. The van der Waals surface area contributed by atoms with Gasteiger partial charge in [-0.25, -0.2) is 9.97 Å². The second kappa shape index (κ2) is 5.77. The highest BCUT2D eigenvalue weighted by atomic mass is 16.1. The smallest absolute Gasteiger partial charge is 0.274 e. The van der Waals surface area contributed by atoms with E-state index in [9.17, 15) is 4.79 Å². The highest BCUT2D eigenvalue weighted by Crippen LogP contribution is 2.18. The van der Waals surface area contributed by atoms with Gasteiger partial charge < -0.3 is 9.88 Å². The molecular weight excluding hydrogens is 278 g/mol. The van der Waals surface area contributed by atoms with Crippen molar-refractivity contribution in [1.29, 1.82) is 0 Å². The molecule has 3 rings (SSSR count). The fraction of sp³-hybridized carbons (Fsp3) is 0.125. The van der Waals surface area contributed by atoms with Gasteiger partial charge in [-0.3, -0.25) is 9.78 Å². The van der Waals surface area contributed by atoms with Gasteiger partial charge in [0.1, 0.15) is 5.69 Å². The zero-order valence-corrected chi connectivity index (χ0v) is 12.3. The second-order valence-corrected chi connectivity index (χ2v) is 4.99. The van der Waals surface area contributed by atoms with E-state index in [1.807, 2.05) is 24.6 Å². The van der Waals surface area contributed by atoms with Crippen LogP contribution in [0, 0.1) is 6.92 Å². The summed E-state index contributed by atoms with van der Waals surface area (Å²) < 4.78 is 1.87. The SMILES string of the molecule is Cc1cc(C(=O)Nc2ccncc2)nc(-c2cncn2C)c1. The number of hydrogen-bond acceptors (Lipinski definition) is 4. The maximum absolute atomic E-state index is 12.4. The van der Waals surface area contributed by atoms with Crippen LogP contribution in [0.4, 0.5) is 5.69 Å². The van der Waals surface area contributed by atoms with E-state index in [4.69, 9.17) is 0 Å². The molecule has 0 aliphatic carbocycles. The van der Waals surface area contributed by atoms with Crippen molar-refractivity contribution < 1.29 is 4.79 Å². The summed E-state index contributed by atoms with van der Waals surface area (Å²) in [5.74, 6) is -0.252. The Hall–Kier alpha value is -3.02. The molecule has 0 aromatic carbocycles. The fourth-order valence-electron chi connectivity index (χ4n) is 2.15. The zero-order valence-electron chi connectivity index (χ0n) is 12.3. The summed E-state index contributed by atoms with van der Waals surface area (Å²) in [7, 11) is 1.89. The third-order valence-electron chi connectivity index (χ3n) is 3.22. The van der Waals surface area contributed by atoms with Crippen LogP contribution in [0.2, 0.25) is 0 Å². The molecule has 0 saturated heterocycles. The quantitative estimate of drug-likeness (QED) is 0.805. The number of nitrogens with one attached hydrogen (secondary N) is 1. The molecule has 0 fully saturated rings. The highest BCUT2D eigenvalue weighted by Gasteiger charge is 2.12. The molecule has 0 aliphatic rings. The van der Waals surface area contributed by atoms with Crippen molar-refractivity contribution in [2.45, 2.75) is 6.92 Å². The Labute approximate surface area is 127 Å². The summed E-state index contributed by atoms with van der Waals surface area (Å²) in [6, 6.07) is 7.15. The first-order valence-electron chi connectivity index (χ1n) is 6.80. The van der Waals surface area contributed by atoms with Gasteiger partial charge in [-0.05, 0) is 36.8 Å². The minimum Gasteiger partial charge on any atom is -0.332 e. The topological polar surface area (TPSA) is 72.7 Å². The van der Waals surface area contributed by atoms with E-state index >= 15 is 0 Å². The minimum atomic E-state index is -0.252. The molecule has 110 valence electrons. The number of carbonyl (C=O) groups excluding carboxylic acids is 1. The van der Waals surface area contributed by atoms with Crippen LogP contribution < -0.4 is 5.32 Å². The van der Waals surface area contributed by atoms with E-state index < -0.39 is 0 Å². The molecule has 1 amide bonds. The van der Waals surface area contributed by atoms with Crippen LogP contribution in [-0.4, -0.2) is 25.4 Å². The monoisotopic (exact) mass is 293 g/mol. The van der Waals surface area contributed by atoms with Crippen molar-refractivity contribution in [1.82, 2.24) is 19.5 Å². The van der Waals surface area contributed by atoms with Gasteiger partial charge in [0.25, 0.3) is 5.91 Å². The molecule has 0 bridgehead atoms. The van der Waals surface area contributed by atoms with Gasteiger partial charge in [-0.2, -0.15) is 0 Å². The summed E-state index contributed by atoms with van der Waals surface area (Å²) in [4.78, 5) is 24.8. The number of nitrogens with zero attached hydrogens (tertiary/aromatic N) is 4. The molecule has 3 aromatic rings. The maximum atomic E-state index is 12.4. The second-order valence-electron chi connectivity index (χ2n) is 4.99. The third-order valence-corrected chi connectivity index (χ3v) is 3.22. The van der Waals surface area contributed by atoms with Crippen molar-refractivity contribution in [2.24, 2.45) is 7.05 Å². The standard InChI is InChI=1S/C16H15N5O/c1-11-7-13(15-9-18-10-21(15)2)20-14(8-11)16(22)19-12-3-5-17-6-4-12/h3-10H,1-2H3,(H,17,19,22). The summed E-state index contributed by atoms with van der Waals surface area (Å²) in [6.07, 6.45) is 6.68. The van der Waals surface area contributed by atoms with Crippen LogP contribution in [0.15, 0.2) is 49.2 Å². The Kier molecular flexibility index (Phi) is 3.65. The Morgan fingerprint density at radius 1 is 1.18 bits per heavy atom. The number of hydrogen-bond donors (Lipinski definition) is 1. The Morgan fingerprint density at radius 2 is 1.95 bits per heavy atom. The van der Waals surface area contributed by atoms with E-state index in [1.54, 1.807) is 43.1 Å². The Bertz CT molecular complexity index is 810. The Morgan fingerprint density at radius 3 is 2.64 bits per heavy atom. The van der Waals surface area contributed by atoms with Gasteiger partial charge in [0, 0.05) is 25.1 Å². The number of carbonyl (C=O) groups is 1. The highest BCUT2D eigenvalue weighted by molar-refractivity contribution is 6.03. The van der Waals surface area contributed by atoms with Crippen LogP contribution >= 0.6 is 0 Å². The molecule has 0 spiro atoms. The average Bonchev–Trinajstić information content (AvgIpc) is 2.94. The summed E-state index contributed by atoms with van der Waals surface area (Å²) in [6.45, 7) is 1.94. The van der Waals surface area contributed by atoms with Crippen LogP contribution in [0.5, 0.6) is 0 Å². The van der Waals surface area contributed by atoms with Gasteiger partial charge in [-0.15, -0.1) is 0 Å². The van der Waals surface area contributed by atoms with Crippen LogP contribution in [0.25, 0.3) is 11.4 Å². The number of rotatable bonds is 3. The predicted molar refractivity (Wildman–Crippen MR) is 83.4 cm³/mol. The lowest BCUT2D eigenvalue weighted by molar-refractivity contribution is 0.102. The van der Waals surface area contributed by atoms with Crippen LogP contribution in [0.1, 0.15) is 16.1 Å². The van der Waals surface area contributed by atoms with E-state index in [2.05, 4.69) is 20.3 Å². The molecule has 1 N–H and O–H groups in total. The predicted octanol–water partition coefficient (Wildman–Crippen LogP) is 2.44. The van der Waals surface area contributed by atoms with Crippen LogP contribution in [0.3, 0.4) is 0 Å². The molecule has 3 heterocycles. The summed E-state index contributed by atoms with van der Waals surface area (Å²) in [5, 5.41) is 2.81. The number of pyridine rings is 2. The van der Waals surface area contributed by atoms with Crippen molar-refractivity contribution >= 4 is 11.6 Å². The van der Waals surface area contributed by atoms with E-state index in [-0.39, 0.29) is 5.91 Å². The molecule has 0 radical (unpaired) electrons. The van der Waals surface area contributed by atoms with E-state index in [0.29, 0.717) is 11.4 Å². The number of imidazole rings is 1. The largest absolute Gasteiger partial charge is 0.332 e. The minimum absolute atomic E-state index is 0.252. The lowest BCUT2D eigenvalue weighted by atomic mass is 10.1. The van der Waals surface area contributed by atoms with Crippen molar-refractivity contribution in [3.05, 3.63) is 60.4 Å². The van der Waals surface area contributed by atoms with E-state index in [0.717, 1.165) is 17.0 Å². The zero-order chi connectivity index (χ0) is 15.5.